The monoisotopic (exact) mass is 421 g/mol. The molecule has 3 heterocycles. The summed E-state index contributed by atoms with van der Waals surface area (Å²) in [6, 6.07) is 9.22. The first-order valence-corrected chi connectivity index (χ1v) is 10.8. The summed E-state index contributed by atoms with van der Waals surface area (Å²) in [6.45, 7) is 3.44. The molecule has 2 saturated heterocycles. The molecule has 2 N–H and O–H groups in total. The van der Waals surface area contributed by atoms with E-state index < -0.39 is 5.41 Å². The number of anilines is 2. The Hall–Kier alpha value is -3.29. The van der Waals surface area contributed by atoms with Crippen LogP contribution in [-0.4, -0.2) is 40.8 Å². The van der Waals surface area contributed by atoms with Crippen molar-refractivity contribution in [1.82, 2.24) is 15.3 Å². The lowest BCUT2D eigenvalue weighted by atomic mass is 9.72. The normalized spacial score (nSPS) is 22.2. The molecule has 2 aliphatic heterocycles. The average molecular weight is 422 g/mol. The zero-order valence-corrected chi connectivity index (χ0v) is 17.6. The Morgan fingerprint density at radius 2 is 1.84 bits per heavy atom. The fourth-order valence-electron chi connectivity index (χ4n) is 4.48. The Kier molecular flexibility index (Phi) is 5.97. The average Bonchev–Trinajstić information content (AvgIpc) is 2.81. The van der Waals surface area contributed by atoms with E-state index in [0.29, 0.717) is 30.9 Å². The number of hydrogen-bond acceptors (Lipinski definition) is 6. The van der Waals surface area contributed by atoms with E-state index in [1.165, 1.54) is 0 Å². The minimum absolute atomic E-state index is 0.00703. The highest BCUT2D eigenvalue weighted by Crippen LogP contribution is 2.36. The van der Waals surface area contributed by atoms with E-state index in [2.05, 4.69) is 25.5 Å². The van der Waals surface area contributed by atoms with E-state index >= 15 is 0 Å². The van der Waals surface area contributed by atoms with Crippen molar-refractivity contribution in [2.75, 3.05) is 23.3 Å². The summed E-state index contributed by atoms with van der Waals surface area (Å²) in [5.74, 6) is 0.194. The number of hydrogen-bond donors (Lipinski definition) is 2. The quantitative estimate of drug-likeness (QED) is 0.719. The van der Waals surface area contributed by atoms with Gasteiger partial charge in [-0.3, -0.25) is 19.7 Å². The molecule has 1 unspecified atom stereocenters. The Morgan fingerprint density at radius 3 is 2.45 bits per heavy atom. The van der Waals surface area contributed by atoms with Crippen LogP contribution in [0.5, 0.6) is 0 Å². The first-order valence-electron chi connectivity index (χ1n) is 10.8. The van der Waals surface area contributed by atoms with Gasteiger partial charge >= 0.3 is 0 Å². The number of nitrogens with zero attached hydrogens (tertiary/aromatic N) is 3. The van der Waals surface area contributed by atoms with Gasteiger partial charge in [0, 0.05) is 43.5 Å². The highest BCUT2D eigenvalue weighted by molar-refractivity contribution is 6.03. The minimum Gasteiger partial charge on any atom is -0.341 e. The third kappa shape index (κ3) is 4.28. The minimum atomic E-state index is -0.692. The number of carbonyl (C=O) groups is 3. The maximum absolute atomic E-state index is 12.7. The van der Waals surface area contributed by atoms with Crippen LogP contribution in [0.25, 0.3) is 0 Å². The van der Waals surface area contributed by atoms with Crippen LogP contribution in [0.15, 0.2) is 42.7 Å². The lowest BCUT2D eigenvalue weighted by molar-refractivity contribution is -0.138. The van der Waals surface area contributed by atoms with Crippen LogP contribution in [0.1, 0.15) is 44.6 Å². The molecule has 0 radical (unpaired) electrons. The van der Waals surface area contributed by atoms with Gasteiger partial charge in [-0.25, -0.2) is 9.97 Å². The zero-order valence-electron chi connectivity index (χ0n) is 17.6. The van der Waals surface area contributed by atoms with Crippen LogP contribution in [0.3, 0.4) is 0 Å². The van der Waals surface area contributed by atoms with Gasteiger partial charge in [-0.05, 0) is 49.4 Å². The van der Waals surface area contributed by atoms with Crippen molar-refractivity contribution >= 4 is 29.4 Å². The first-order chi connectivity index (χ1) is 15.0. The summed E-state index contributed by atoms with van der Waals surface area (Å²) < 4.78 is 0. The molecule has 1 aromatic carbocycles. The first kappa shape index (κ1) is 21.0. The molecule has 31 heavy (non-hydrogen) atoms. The molecule has 2 fully saturated rings. The lowest BCUT2D eigenvalue weighted by Gasteiger charge is -2.35. The maximum atomic E-state index is 12.7. The zero-order chi connectivity index (χ0) is 21.8. The van der Waals surface area contributed by atoms with Crippen LogP contribution in [0.2, 0.25) is 0 Å². The fraction of sp³-hybridized carbons (Fsp3) is 0.435. The molecule has 2 aromatic rings. The molecule has 162 valence electrons. The smallest absolute Gasteiger partial charge is 0.237 e. The van der Waals surface area contributed by atoms with Gasteiger partial charge in [0.15, 0.2) is 0 Å². The molecule has 4 rings (SSSR count). The van der Waals surface area contributed by atoms with Crippen molar-refractivity contribution in [3.05, 3.63) is 48.3 Å². The number of imide groups is 1. The molecule has 8 heteroatoms. The van der Waals surface area contributed by atoms with Crippen LogP contribution < -0.4 is 15.5 Å². The van der Waals surface area contributed by atoms with E-state index in [0.717, 1.165) is 31.5 Å². The van der Waals surface area contributed by atoms with Crippen molar-refractivity contribution in [2.45, 2.75) is 44.4 Å². The van der Waals surface area contributed by atoms with Crippen LogP contribution in [0, 0.1) is 5.92 Å². The summed E-state index contributed by atoms with van der Waals surface area (Å²) in [6.07, 6.45) is 6.39. The molecule has 3 amide bonds. The van der Waals surface area contributed by atoms with Gasteiger partial charge in [0.1, 0.15) is 0 Å². The Labute approximate surface area is 181 Å². The fourth-order valence-corrected chi connectivity index (χ4v) is 4.48. The molecule has 0 aliphatic carbocycles. The van der Waals surface area contributed by atoms with E-state index in [1.807, 2.05) is 31.2 Å². The SMILES string of the molecule is CCC1(c2ccc(NC(=O)C3CCN(c4ncccn4)CC3)cc2)CCC(=O)NC1=O. The number of amides is 3. The van der Waals surface area contributed by atoms with E-state index in [4.69, 9.17) is 0 Å². The molecule has 0 spiro atoms. The molecule has 0 saturated carbocycles. The molecule has 8 nitrogen and oxygen atoms in total. The Morgan fingerprint density at radius 1 is 1.16 bits per heavy atom. The molecule has 1 aromatic heterocycles. The summed E-state index contributed by atoms with van der Waals surface area (Å²) in [5.41, 5.74) is 0.887. The van der Waals surface area contributed by atoms with Gasteiger partial charge in [-0.2, -0.15) is 0 Å². The maximum Gasteiger partial charge on any atom is 0.237 e. The number of rotatable bonds is 5. The Balaban J connectivity index is 1.36. The lowest BCUT2D eigenvalue weighted by Crippen LogP contribution is -2.51. The third-order valence-electron chi connectivity index (χ3n) is 6.48. The van der Waals surface area contributed by atoms with E-state index in [9.17, 15) is 14.4 Å². The summed E-state index contributed by atoms with van der Waals surface area (Å²) in [5, 5.41) is 5.47. The topological polar surface area (TPSA) is 104 Å². The predicted octanol–water partition coefficient (Wildman–Crippen LogP) is 2.42. The highest BCUT2D eigenvalue weighted by atomic mass is 16.2. The second-order valence-electron chi connectivity index (χ2n) is 8.19. The van der Waals surface area contributed by atoms with Gasteiger partial charge in [-0.1, -0.05) is 19.1 Å². The standard InChI is InChI=1S/C23H27N5O3/c1-2-23(11-8-19(29)27-21(23)31)17-4-6-18(7-5-17)26-20(30)16-9-14-28(15-10-16)22-24-12-3-13-25-22/h3-7,12-13,16H,2,8-11,14-15H2,1H3,(H,26,30)(H,27,29,31). The molecule has 2 aliphatic rings. The number of carbonyl (C=O) groups excluding carboxylic acids is 3. The van der Waals surface area contributed by atoms with Gasteiger partial charge in [0.2, 0.25) is 23.7 Å². The molecular formula is C23H27N5O3. The van der Waals surface area contributed by atoms with Crippen molar-refractivity contribution < 1.29 is 14.4 Å². The Bertz CT molecular complexity index is 955. The summed E-state index contributed by atoms with van der Waals surface area (Å²) in [7, 11) is 0. The second-order valence-corrected chi connectivity index (χ2v) is 8.19. The van der Waals surface area contributed by atoms with Crippen LogP contribution in [0.4, 0.5) is 11.6 Å². The van der Waals surface area contributed by atoms with E-state index in [-0.39, 0.29) is 23.6 Å². The number of benzene rings is 1. The van der Waals surface area contributed by atoms with Crippen molar-refractivity contribution in [2.24, 2.45) is 5.92 Å². The van der Waals surface area contributed by atoms with Crippen molar-refractivity contribution in [3.63, 3.8) is 0 Å². The molecule has 1 atom stereocenters. The van der Waals surface area contributed by atoms with Crippen LogP contribution >= 0.6 is 0 Å². The van der Waals surface area contributed by atoms with Gasteiger partial charge in [-0.15, -0.1) is 0 Å². The molecular weight excluding hydrogens is 394 g/mol. The molecule has 0 bridgehead atoms. The van der Waals surface area contributed by atoms with Crippen LogP contribution in [-0.2, 0) is 19.8 Å². The third-order valence-corrected chi connectivity index (χ3v) is 6.48. The van der Waals surface area contributed by atoms with Gasteiger partial charge < -0.3 is 10.2 Å². The largest absolute Gasteiger partial charge is 0.341 e. The van der Waals surface area contributed by atoms with Crippen molar-refractivity contribution in [3.8, 4) is 0 Å². The van der Waals surface area contributed by atoms with Gasteiger partial charge in [0.25, 0.3) is 0 Å². The number of nitrogens with one attached hydrogen (secondary N) is 2. The van der Waals surface area contributed by atoms with Crippen molar-refractivity contribution in [1.29, 1.82) is 0 Å². The van der Waals surface area contributed by atoms with Gasteiger partial charge in [0.05, 0.1) is 5.41 Å². The summed E-state index contributed by atoms with van der Waals surface area (Å²) >= 11 is 0. The predicted molar refractivity (Wildman–Crippen MR) is 116 cm³/mol. The number of aromatic nitrogens is 2. The number of piperidine rings is 2. The summed E-state index contributed by atoms with van der Waals surface area (Å²) in [4.78, 5) is 47.5. The van der Waals surface area contributed by atoms with E-state index in [1.54, 1.807) is 18.5 Å². The second kappa shape index (κ2) is 8.83. The highest BCUT2D eigenvalue weighted by Gasteiger charge is 2.42.